The molecule has 0 aliphatic carbocycles. The summed E-state index contributed by atoms with van der Waals surface area (Å²) in [6.45, 7) is 0.351. The number of aromatic amines is 1. The predicted molar refractivity (Wildman–Crippen MR) is 151 cm³/mol. The van der Waals surface area contributed by atoms with Gasteiger partial charge in [-0.3, -0.25) is 9.36 Å². The number of nitrogens with zero attached hydrogens (tertiary/aromatic N) is 2. The van der Waals surface area contributed by atoms with Gasteiger partial charge in [-0.05, 0) is 44.8 Å². The molecule has 1 amide bonds. The fraction of sp³-hybridized carbons (Fsp3) is 0.0667. The fourth-order valence-electron chi connectivity index (χ4n) is 4.64. The molecule has 0 aliphatic heterocycles. The zero-order valence-electron chi connectivity index (χ0n) is 20.0. The van der Waals surface area contributed by atoms with E-state index in [9.17, 15) is 4.79 Å². The van der Waals surface area contributed by atoms with Crippen LogP contribution in [-0.4, -0.2) is 27.0 Å². The molecule has 0 aliphatic rings. The molecule has 2 aromatic heterocycles. The highest BCUT2D eigenvalue weighted by atomic mass is 79.9. The van der Waals surface area contributed by atoms with E-state index in [1.54, 1.807) is 12.3 Å². The van der Waals surface area contributed by atoms with Gasteiger partial charge in [0.2, 0.25) is 5.95 Å². The lowest BCUT2D eigenvalue weighted by Crippen LogP contribution is -2.38. The SMILES string of the molecule is Nc1nc(/C=C\CNC(=O)c2cc(Br)c[nH]2)cn1C(c1ccccc1)(c1ccccc1)c1ccccc1. The van der Waals surface area contributed by atoms with E-state index in [0.717, 1.165) is 21.2 Å². The van der Waals surface area contributed by atoms with E-state index in [1.165, 1.54) is 0 Å². The lowest BCUT2D eigenvalue weighted by atomic mass is 9.76. The molecule has 0 bridgehead atoms. The van der Waals surface area contributed by atoms with Gasteiger partial charge in [0.05, 0.1) is 5.69 Å². The fourth-order valence-corrected chi connectivity index (χ4v) is 4.99. The van der Waals surface area contributed by atoms with Crippen LogP contribution in [0.1, 0.15) is 32.9 Å². The molecule has 2 heterocycles. The molecule has 0 saturated heterocycles. The minimum Gasteiger partial charge on any atom is -0.369 e. The highest BCUT2D eigenvalue weighted by Crippen LogP contribution is 2.42. The molecule has 0 fully saturated rings. The van der Waals surface area contributed by atoms with Crippen molar-refractivity contribution in [1.29, 1.82) is 0 Å². The molecule has 0 radical (unpaired) electrons. The molecule has 184 valence electrons. The zero-order valence-corrected chi connectivity index (χ0v) is 21.6. The van der Waals surface area contributed by atoms with Crippen LogP contribution in [0.25, 0.3) is 6.08 Å². The molecule has 4 N–H and O–H groups in total. The molecule has 0 unspecified atom stereocenters. The summed E-state index contributed by atoms with van der Waals surface area (Å²) in [5.41, 5.74) is 10.3. The predicted octanol–water partition coefficient (Wildman–Crippen LogP) is 5.84. The molecule has 5 rings (SSSR count). The van der Waals surface area contributed by atoms with Crippen LogP contribution in [0, 0.1) is 0 Å². The second-order valence-corrected chi connectivity index (χ2v) is 9.46. The van der Waals surface area contributed by atoms with Crippen molar-refractivity contribution in [1.82, 2.24) is 19.9 Å². The number of amides is 1. The monoisotopic (exact) mass is 551 g/mol. The smallest absolute Gasteiger partial charge is 0.267 e. The van der Waals surface area contributed by atoms with Crippen LogP contribution in [-0.2, 0) is 5.54 Å². The largest absolute Gasteiger partial charge is 0.369 e. The summed E-state index contributed by atoms with van der Waals surface area (Å²) >= 11 is 3.34. The minimum absolute atomic E-state index is 0.184. The Balaban J connectivity index is 1.53. The Labute approximate surface area is 224 Å². The number of nitrogens with one attached hydrogen (secondary N) is 2. The van der Waals surface area contributed by atoms with Gasteiger partial charge in [0, 0.05) is 23.4 Å². The van der Waals surface area contributed by atoms with Gasteiger partial charge < -0.3 is 16.0 Å². The van der Waals surface area contributed by atoms with E-state index >= 15 is 0 Å². The van der Waals surface area contributed by atoms with E-state index in [0.29, 0.717) is 23.9 Å². The number of carbonyl (C=O) groups excluding carboxylic acids is 1. The van der Waals surface area contributed by atoms with Gasteiger partial charge >= 0.3 is 0 Å². The third kappa shape index (κ3) is 4.86. The van der Waals surface area contributed by atoms with Crippen molar-refractivity contribution in [2.24, 2.45) is 0 Å². The van der Waals surface area contributed by atoms with Crippen LogP contribution in [0.3, 0.4) is 0 Å². The summed E-state index contributed by atoms with van der Waals surface area (Å²) in [7, 11) is 0. The molecule has 5 aromatic rings. The third-order valence-corrected chi connectivity index (χ3v) is 6.71. The number of rotatable bonds is 8. The Bertz CT molecular complexity index is 1410. The highest BCUT2D eigenvalue weighted by Gasteiger charge is 2.39. The molecule has 6 nitrogen and oxygen atoms in total. The molecule has 7 heteroatoms. The first-order valence-corrected chi connectivity index (χ1v) is 12.7. The molecule has 0 atom stereocenters. The van der Waals surface area contributed by atoms with Crippen molar-refractivity contribution in [3.8, 4) is 0 Å². The number of nitrogens with two attached hydrogens (primary N) is 1. The number of imidazole rings is 1. The number of hydrogen-bond donors (Lipinski definition) is 3. The second kappa shape index (κ2) is 10.7. The van der Waals surface area contributed by atoms with E-state index < -0.39 is 5.54 Å². The third-order valence-electron chi connectivity index (χ3n) is 6.25. The normalized spacial score (nSPS) is 11.6. The van der Waals surface area contributed by atoms with Crippen LogP contribution in [0.2, 0.25) is 0 Å². The van der Waals surface area contributed by atoms with Crippen molar-refractivity contribution in [3.05, 3.63) is 148 Å². The van der Waals surface area contributed by atoms with Crippen molar-refractivity contribution in [3.63, 3.8) is 0 Å². The summed E-state index contributed by atoms with van der Waals surface area (Å²) in [5.74, 6) is 0.202. The Hall–Kier alpha value is -4.36. The first-order chi connectivity index (χ1) is 18.1. The Morgan fingerprint density at radius 3 is 1.97 bits per heavy atom. The van der Waals surface area contributed by atoms with Gasteiger partial charge in [-0.15, -0.1) is 0 Å². The van der Waals surface area contributed by atoms with Gasteiger partial charge in [-0.1, -0.05) is 97.1 Å². The maximum absolute atomic E-state index is 12.3. The molecular weight excluding hydrogens is 526 g/mol. The molecule has 3 aromatic carbocycles. The topological polar surface area (TPSA) is 88.7 Å². The Morgan fingerprint density at radius 2 is 1.49 bits per heavy atom. The average Bonchev–Trinajstić information content (AvgIpc) is 3.54. The standard InChI is InChI=1S/C30H26BrN5O/c31-25-19-27(34-20-25)28(37)33-18-10-17-26-21-36(29(32)35-26)30(22-11-4-1-5-12-22,23-13-6-2-7-14-23)24-15-8-3-9-16-24/h1-17,19-21,34H,18H2,(H2,32,35)(H,33,37)/b17-10-. The van der Waals surface area contributed by atoms with E-state index in [-0.39, 0.29) is 5.91 Å². The summed E-state index contributed by atoms with van der Waals surface area (Å²) < 4.78 is 2.86. The molecule has 37 heavy (non-hydrogen) atoms. The van der Waals surface area contributed by atoms with Crippen LogP contribution in [0.5, 0.6) is 0 Å². The van der Waals surface area contributed by atoms with Gasteiger partial charge in [-0.2, -0.15) is 0 Å². The first-order valence-electron chi connectivity index (χ1n) is 11.9. The summed E-state index contributed by atoms with van der Waals surface area (Å²) in [4.78, 5) is 19.9. The number of benzene rings is 3. The number of hydrogen-bond acceptors (Lipinski definition) is 3. The van der Waals surface area contributed by atoms with Crippen molar-refractivity contribution in [2.45, 2.75) is 5.54 Å². The average molecular weight is 552 g/mol. The van der Waals surface area contributed by atoms with Gasteiger partial charge in [-0.25, -0.2) is 4.98 Å². The summed E-state index contributed by atoms with van der Waals surface area (Å²) in [6.07, 6.45) is 7.40. The van der Waals surface area contributed by atoms with Gasteiger partial charge in [0.25, 0.3) is 5.91 Å². The van der Waals surface area contributed by atoms with E-state index in [4.69, 9.17) is 5.73 Å². The Morgan fingerprint density at radius 1 is 0.946 bits per heavy atom. The lowest BCUT2D eigenvalue weighted by Gasteiger charge is -2.37. The highest BCUT2D eigenvalue weighted by molar-refractivity contribution is 9.10. The van der Waals surface area contributed by atoms with Crippen molar-refractivity contribution >= 4 is 33.9 Å². The maximum atomic E-state index is 12.3. The number of halogens is 1. The summed E-state index contributed by atoms with van der Waals surface area (Å²) in [5, 5.41) is 2.87. The summed E-state index contributed by atoms with van der Waals surface area (Å²) in [6, 6.07) is 32.7. The molecule has 0 spiro atoms. The van der Waals surface area contributed by atoms with Crippen molar-refractivity contribution < 1.29 is 4.79 Å². The molecular formula is C30H26BrN5O. The van der Waals surface area contributed by atoms with Crippen LogP contribution < -0.4 is 11.1 Å². The van der Waals surface area contributed by atoms with Crippen LogP contribution in [0.4, 0.5) is 5.95 Å². The number of carbonyl (C=O) groups is 1. The quantitative estimate of drug-likeness (QED) is 0.212. The lowest BCUT2D eigenvalue weighted by molar-refractivity contribution is 0.0953. The van der Waals surface area contributed by atoms with E-state index in [1.807, 2.05) is 77.5 Å². The van der Waals surface area contributed by atoms with Crippen LogP contribution in [0.15, 0.2) is 120 Å². The number of aromatic nitrogens is 3. The maximum Gasteiger partial charge on any atom is 0.267 e. The molecule has 0 saturated carbocycles. The number of anilines is 1. The first kappa shape index (κ1) is 24.3. The van der Waals surface area contributed by atoms with Gasteiger partial charge in [0.15, 0.2) is 0 Å². The zero-order chi connectivity index (χ0) is 25.7. The van der Waals surface area contributed by atoms with Crippen molar-refractivity contribution in [2.75, 3.05) is 12.3 Å². The van der Waals surface area contributed by atoms with Crippen LogP contribution >= 0.6 is 15.9 Å². The van der Waals surface area contributed by atoms with Gasteiger partial charge in [0.1, 0.15) is 11.2 Å². The number of nitrogen functional groups attached to an aromatic ring is 1. The Kier molecular flexibility index (Phi) is 7.05. The van der Waals surface area contributed by atoms with E-state index in [2.05, 4.69) is 67.6 Å². The second-order valence-electron chi connectivity index (χ2n) is 8.55. The number of H-pyrrole nitrogens is 1. The minimum atomic E-state index is -0.734.